The van der Waals surface area contributed by atoms with Crippen LogP contribution in [-0.4, -0.2) is 7.05 Å². The van der Waals surface area contributed by atoms with Crippen LogP contribution in [0.3, 0.4) is 0 Å². The van der Waals surface area contributed by atoms with Gasteiger partial charge < -0.3 is 20.9 Å². The van der Waals surface area contributed by atoms with E-state index in [0.717, 1.165) is 45.3 Å². The second kappa shape index (κ2) is 23.1. The molecule has 1 heterocycles. The number of fused-ring (bicyclic) bond motifs is 5. The zero-order valence-corrected chi connectivity index (χ0v) is 36.6. The van der Waals surface area contributed by atoms with Crippen LogP contribution in [0.2, 0.25) is 0 Å². The molecule has 0 atom stereocenters. The van der Waals surface area contributed by atoms with Crippen molar-refractivity contribution in [3.8, 4) is 11.1 Å². The van der Waals surface area contributed by atoms with Crippen LogP contribution >= 0.6 is 0 Å². The Morgan fingerprint density at radius 2 is 1.25 bits per heavy atom. The maximum atomic E-state index is 4.59. The van der Waals surface area contributed by atoms with Crippen LogP contribution in [0, 0.1) is 0 Å². The van der Waals surface area contributed by atoms with E-state index in [1.165, 1.54) is 34.0 Å². The van der Waals surface area contributed by atoms with Crippen molar-refractivity contribution in [2.24, 2.45) is 0 Å². The minimum atomic E-state index is 0. The van der Waals surface area contributed by atoms with Crippen LogP contribution in [-0.2, 0) is 21.1 Å². The molecule has 0 unspecified atom stereocenters. The first-order valence-corrected chi connectivity index (χ1v) is 19.4. The number of benzene rings is 7. The van der Waals surface area contributed by atoms with Gasteiger partial charge in [-0.25, -0.2) is 0 Å². The summed E-state index contributed by atoms with van der Waals surface area (Å²) in [6.45, 7) is 12.6. The van der Waals surface area contributed by atoms with E-state index in [4.69, 9.17) is 0 Å². The molecule has 1 N–H and O–H groups in total. The van der Waals surface area contributed by atoms with Crippen molar-refractivity contribution in [2.45, 2.75) is 34.1 Å². The molecule has 7 aromatic carbocycles. The van der Waals surface area contributed by atoms with Crippen molar-refractivity contribution in [3.05, 3.63) is 217 Å². The Hall–Kier alpha value is -6.09. The van der Waals surface area contributed by atoms with Gasteiger partial charge in [-0.3, -0.25) is 0 Å². The smallest absolute Gasteiger partial charge is 0.687 e. The zero-order valence-electron chi connectivity index (χ0n) is 33.6. The SMILES string of the molecule is C=C(/C=C\C=C/Nc1cccc([N-]C)c1)c1ccc2cc1-c1ccccc1N2c1ccccc1.CC.CCC.[W+2].c1ccc([N-]c2ccc3ccccc3c2)cc1. The summed E-state index contributed by atoms with van der Waals surface area (Å²) in [5.74, 6) is 0. The molecular weight excluding hydrogens is 864 g/mol. The van der Waals surface area contributed by atoms with Crippen molar-refractivity contribution >= 4 is 56.2 Å². The normalized spacial score (nSPS) is 10.7. The molecule has 0 fully saturated rings. The molecular formula is C52H52N4W. The Kier molecular flexibility index (Phi) is 17.7. The van der Waals surface area contributed by atoms with E-state index in [1.807, 2.05) is 98.9 Å². The van der Waals surface area contributed by atoms with Crippen LogP contribution in [0.15, 0.2) is 201 Å². The van der Waals surface area contributed by atoms with Crippen molar-refractivity contribution in [2.75, 3.05) is 17.3 Å². The average Bonchev–Trinajstić information content (AvgIpc) is 3.26. The minimum absolute atomic E-state index is 0. The molecule has 0 aromatic heterocycles. The van der Waals surface area contributed by atoms with E-state index in [0.29, 0.717) is 0 Å². The van der Waals surface area contributed by atoms with E-state index in [9.17, 15) is 0 Å². The van der Waals surface area contributed by atoms with Crippen molar-refractivity contribution in [1.82, 2.24) is 0 Å². The fourth-order valence-electron chi connectivity index (χ4n) is 6.17. The van der Waals surface area contributed by atoms with E-state index in [1.54, 1.807) is 7.05 Å². The maximum Gasteiger partial charge on any atom is 2.00 e. The molecule has 0 saturated carbocycles. The largest absolute Gasteiger partial charge is 2.00 e. The Morgan fingerprint density at radius 1 is 0.596 bits per heavy atom. The van der Waals surface area contributed by atoms with Crippen LogP contribution in [0.25, 0.3) is 38.1 Å². The van der Waals surface area contributed by atoms with Gasteiger partial charge in [-0.1, -0.05) is 186 Å². The van der Waals surface area contributed by atoms with Gasteiger partial charge in [0.05, 0.1) is 5.69 Å². The second-order valence-corrected chi connectivity index (χ2v) is 12.8. The van der Waals surface area contributed by atoms with E-state index < -0.39 is 0 Å². The average molecular weight is 917 g/mol. The molecule has 4 nitrogen and oxygen atoms in total. The monoisotopic (exact) mass is 916 g/mol. The molecule has 286 valence electrons. The Bertz CT molecular complexity index is 2350. The first-order chi connectivity index (χ1) is 27.6. The van der Waals surface area contributed by atoms with E-state index >= 15 is 0 Å². The van der Waals surface area contributed by atoms with Gasteiger partial charge in [0.15, 0.2) is 0 Å². The summed E-state index contributed by atoms with van der Waals surface area (Å²) < 4.78 is 0. The summed E-state index contributed by atoms with van der Waals surface area (Å²) in [6.07, 6.45) is 9.20. The van der Waals surface area contributed by atoms with Crippen LogP contribution in [0.4, 0.5) is 39.8 Å². The summed E-state index contributed by atoms with van der Waals surface area (Å²) in [5.41, 5.74) is 12.0. The molecule has 2 bridgehead atoms. The number of nitrogens with zero attached hydrogens (tertiary/aromatic N) is 3. The summed E-state index contributed by atoms with van der Waals surface area (Å²) in [6, 6.07) is 58.3. The Balaban J connectivity index is 0.000000262. The zero-order chi connectivity index (χ0) is 39.5. The minimum Gasteiger partial charge on any atom is -0.687 e. The van der Waals surface area contributed by atoms with Crippen molar-refractivity contribution in [1.29, 1.82) is 0 Å². The van der Waals surface area contributed by atoms with Crippen molar-refractivity contribution < 1.29 is 21.1 Å². The van der Waals surface area contributed by atoms with Gasteiger partial charge in [-0.2, -0.15) is 0 Å². The molecule has 0 spiro atoms. The number of para-hydroxylation sites is 3. The number of hydrogen-bond acceptors (Lipinski definition) is 2. The Labute approximate surface area is 355 Å². The number of allylic oxidation sites excluding steroid dienone is 4. The summed E-state index contributed by atoms with van der Waals surface area (Å²) in [7, 11) is 1.79. The number of anilines is 4. The molecule has 7 aromatic rings. The van der Waals surface area contributed by atoms with Crippen LogP contribution in [0.5, 0.6) is 0 Å². The van der Waals surface area contributed by atoms with Gasteiger partial charge in [0.2, 0.25) is 0 Å². The molecule has 5 heteroatoms. The fourth-order valence-corrected chi connectivity index (χ4v) is 6.17. The molecule has 57 heavy (non-hydrogen) atoms. The third-order valence-corrected chi connectivity index (χ3v) is 8.66. The first kappa shape index (κ1) is 43.6. The summed E-state index contributed by atoms with van der Waals surface area (Å²) in [4.78, 5) is 2.31. The topological polar surface area (TPSA) is 43.5 Å². The molecule has 0 radical (unpaired) electrons. The molecule has 0 amide bonds. The van der Waals surface area contributed by atoms with Gasteiger partial charge in [0.1, 0.15) is 0 Å². The van der Waals surface area contributed by atoms with Crippen LogP contribution < -0.4 is 10.2 Å². The fraction of sp³-hybridized carbons (Fsp3) is 0.115. The van der Waals surface area contributed by atoms with Gasteiger partial charge in [-0.05, 0) is 69.9 Å². The summed E-state index contributed by atoms with van der Waals surface area (Å²) in [5, 5.41) is 14.6. The second-order valence-electron chi connectivity index (χ2n) is 12.8. The number of nitrogens with one attached hydrogen (secondary N) is 1. The molecule has 0 saturated heterocycles. The molecule has 8 rings (SSSR count). The predicted molar refractivity (Wildman–Crippen MR) is 247 cm³/mol. The van der Waals surface area contributed by atoms with Gasteiger partial charge in [-0.15, -0.1) is 24.1 Å². The predicted octanol–water partition coefficient (Wildman–Crippen LogP) is 16.6. The summed E-state index contributed by atoms with van der Waals surface area (Å²) >= 11 is 0. The maximum absolute atomic E-state index is 4.59. The van der Waals surface area contributed by atoms with Crippen LogP contribution in [0.1, 0.15) is 39.7 Å². The quantitative estimate of drug-likeness (QED) is 0.147. The third-order valence-electron chi connectivity index (χ3n) is 8.66. The number of rotatable bonds is 9. The third kappa shape index (κ3) is 11.9. The van der Waals surface area contributed by atoms with E-state index in [2.05, 4.69) is 150 Å². The van der Waals surface area contributed by atoms with Crippen molar-refractivity contribution in [3.63, 3.8) is 0 Å². The van der Waals surface area contributed by atoms with E-state index in [-0.39, 0.29) is 21.1 Å². The Morgan fingerprint density at radius 3 is 1.98 bits per heavy atom. The standard InChI is InChI=1S/C31H26N3.C16H12N.C3H8.C2H6.W/c1-23(11-8-9-20-33-25-13-10-12-24(21-25)32-2)28-19-18-27-22-30(28)29-16-6-7-17-31(29)34(27)26-14-4-3-5-15-26;1-2-8-15(9-3-1)17-16-11-10-13-6-4-5-7-14(13)12-16;1-3-2;1-2;/h3-22,33H,1H2,2H3;1-12H;3H2,1-2H3;1-2H3;/q2*-1;;;+2/b11-8-,20-9-;;;;. The number of hydrogen-bond donors (Lipinski definition) is 1. The van der Waals surface area contributed by atoms with Gasteiger partial charge >= 0.3 is 21.1 Å². The van der Waals surface area contributed by atoms with Gasteiger partial charge in [0.25, 0.3) is 0 Å². The first-order valence-electron chi connectivity index (χ1n) is 19.4. The molecule has 1 aliphatic heterocycles. The molecule has 1 aliphatic rings. The molecule has 0 aliphatic carbocycles. The van der Waals surface area contributed by atoms with Gasteiger partial charge in [0, 0.05) is 28.8 Å².